The topological polar surface area (TPSA) is 92.0 Å². The van der Waals surface area contributed by atoms with Crippen LogP contribution in [0.2, 0.25) is 0 Å². The summed E-state index contributed by atoms with van der Waals surface area (Å²) in [5.74, 6) is 0.684. The molecule has 1 aliphatic carbocycles. The van der Waals surface area contributed by atoms with Crippen molar-refractivity contribution in [3.63, 3.8) is 0 Å². The van der Waals surface area contributed by atoms with Crippen LogP contribution in [0.15, 0.2) is 48.7 Å². The van der Waals surface area contributed by atoms with Crippen LogP contribution >= 0.6 is 0 Å². The van der Waals surface area contributed by atoms with Gasteiger partial charge in [-0.1, -0.05) is 30.3 Å². The summed E-state index contributed by atoms with van der Waals surface area (Å²) in [6.07, 6.45) is 2.93. The van der Waals surface area contributed by atoms with Gasteiger partial charge in [-0.3, -0.25) is 19.9 Å². The second kappa shape index (κ2) is 8.87. The predicted octanol–water partition coefficient (Wildman–Crippen LogP) is 3.69. The molecule has 2 atom stereocenters. The summed E-state index contributed by atoms with van der Waals surface area (Å²) in [5.41, 5.74) is 1.63. The Kier molecular flexibility index (Phi) is 5.89. The van der Waals surface area contributed by atoms with Crippen LogP contribution in [0.5, 0.6) is 0 Å². The summed E-state index contributed by atoms with van der Waals surface area (Å²) in [6, 6.07) is 13.6. The lowest BCUT2D eigenvalue weighted by Crippen LogP contribution is -2.65. The molecule has 0 radical (unpaired) electrons. The number of carbonyl (C=O) groups is 1. The summed E-state index contributed by atoms with van der Waals surface area (Å²) in [7, 11) is 0. The Morgan fingerprint density at radius 2 is 1.79 bits per heavy atom. The van der Waals surface area contributed by atoms with Crippen LogP contribution in [0.25, 0.3) is 0 Å². The average molecular weight is 466 g/mol. The van der Waals surface area contributed by atoms with Crippen LogP contribution in [0.3, 0.4) is 0 Å². The van der Waals surface area contributed by atoms with Gasteiger partial charge in [-0.15, -0.1) is 0 Å². The fraction of sp³-hybridized carbons (Fsp3) is 0.520. The number of nitrogens with zero attached hydrogens (tertiary/aromatic N) is 5. The number of anilines is 1. The summed E-state index contributed by atoms with van der Waals surface area (Å²) in [5, 5.41) is 10.9. The van der Waals surface area contributed by atoms with Crippen molar-refractivity contribution < 1.29 is 14.5 Å². The van der Waals surface area contributed by atoms with Gasteiger partial charge in [-0.05, 0) is 38.3 Å². The molecule has 9 heteroatoms. The highest BCUT2D eigenvalue weighted by Gasteiger charge is 2.54. The van der Waals surface area contributed by atoms with Crippen LogP contribution in [-0.4, -0.2) is 70.2 Å². The minimum Gasteiger partial charge on any atom is -0.446 e. The van der Waals surface area contributed by atoms with Crippen molar-refractivity contribution in [1.29, 1.82) is 0 Å². The number of aromatic nitrogens is 1. The summed E-state index contributed by atoms with van der Waals surface area (Å²) < 4.78 is 5.89. The number of benzene rings is 1. The van der Waals surface area contributed by atoms with Gasteiger partial charge in [0.1, 0.15) is 18.1 Å². The molecule has 2 saturated heterocycles. The summed E-state index contributed by atoms with van der Waals surface area (Å²) >= 11 is 0. The van der Waals surface area contributed by atoms with Crippen LogP contribution < -0.4 is 4.90 Å². The van der Waals surface area contributed by atoms with E-state index in [2.05, 4.69) is 39.0 Å². The van der Waals surface area contributed by atoms with Crippen molar-refractivity contribution in [2.45, 2.75) is 51.4 Å². The molecule has 3 aliphatic rings. The van der Waals surface area contributed by atoms with E-state index in [-0.39, 0.29) is 30.0 Å². The van der Waals surface area contributed by atoms with Gasteiger partial charge < -0.3 is 9.64 Å². The fourth-order valence-corrected chi connectivity index (χ4v) is 5.85. The molecular weight excluding hydrogens is 434 g/mol. The first-order chi connectivity index (χ1) is 16.3. The fourth-order valence-electron chi connectivity index (χ4n) is 5.85. The van der Waals surface area contributed by atoms with Gasteiger partial charge >= 0.3 is 6.09 Å². The molecule has 3 heterocycles. The molecule has 1 saturated carbocycles. The molecule has 1 spiro atoms. The van der Waals surface area contributed by atoms with Crippen molar-refractivity contribution in [2.75, 3.05) is 31.1 Å². The van der Waals surface area contributed by atoms with Crippen LogP contribution in [0.1, 0.15) is 32.3 Å². The predicted molar refractivity (Wildman–Crippen MR) is 128 cm³/mol. The maximum atomic E-state index is 13.0. The van der Waals surface area contributed by atoms with Crippen LogP contribution in [0, 0.1) is 15.5 Å². The summed E-state index contributed by atoms with van der Waals surface area (Å²) in [4.78, 5) is 34.0. The third kappa shape index (κ3) is 4.44. The van der Waals surface area contributed by atoms with E-state index < -0.39 is 4.92 Å². The van der Waals surface area contributed by atoms with E-state index in [1.807, 2.05) is 24.8 Å². The Hall–Kier alpha value is -3.20. The van der Waals surface area contributed by atoms with Gasteiger partial charge in [-0.2, -0.15) is 0 Å². The first-order valence-electron chi connectivity index (χ1n) is 11.9. The number of hydrogen-bond acceptors (Lipinski definition) is 7. The number of ether oxygens (including phenoxy) is 1. The molecule has 180 valence electrons. The number of pyridine rings is 1. The maximum Gasteiger partial charge on any atom is 0.410 e. The van der Waals surface area contributed by atoms with Gasteiger partial charge in [0.05, 0.1) is 17.0 Å². The van der Waals surface area contributed by atoms with E-state index in [9.17, 15) is 14.9 Å². The molecular formula is C25H31N5O4. The first kappa shape index (κ1) is 22.6. The largest absolute Gasteiger partial charge is 0.446 e. The van der Waals surface area contributed by atoms with Crippen molar-refractivity contribution in [3.05, 3.63) is 64.3 Å². The highest BCUT2D eigenvalue weighted by molar-refractivity contribution is 5.69. The molecule has 5 rings (SSSR count). The van der Waals surface area contributed by atoms with Crippen molar-refractivity contribution in [1.82, 2.24) is 14.8 Å². The lowest BCUT2D eigenvalue weighted by atomic mass is 9.61. The molecule has 1 amide bonds. The third-order valence-electron chi connectivity index (χ3n) is 7.35. The van der Waals surface area contributed by atoms with Gasteiger partial charge in [0.15, 0.2) is 0 Å². The number of rotatable bonds is 5. The first-order valence-corrected chi connectivity index (χ1v) is 11.9. The van der Waals surface area contributed by atoms with E-state index >= 15 is 0 Å². The van der Waals surface area contributed by atoms with E-state index in [1.165, 1.54) is 17.8 Å². The standard InChI is InChI=1S/C25H31N5O4/c1-18-13-28(23-9-8-21(12-26-23)30(32)33)14-19(2)29(18)24(31)34-22-10-25(11-22)16-27(17-25)15-20-6-4-3-5-7-20/h3-9,12,18-19,22H,10-11,13-17H2,1-2H3/t18-,19+. The third-order valence-corrected chi connectivity index (χ3v) is 7.35. The van der Waals surface area contributed by atoms with E-state index in [0.717, 1.165) is 32.5 Å². The Morgan fingerprint density at radius 3 is 2.38 bits per heavy atom. The van der Waals surface area contributed by atoms with E-state index in [0.29, 0.717) is 24.3 Å². The number of carbonyl (C=O) groups excluding carboxylic acids is 1. The highest BCUT2D eigenvalue weighted by atomic mass is 16.6. The number of piperazine rings is 1. The molecule has 1 aromatic heterocycles. The Morgan fingerprint density at radius 1 is 1.12 bits per heavy atom. The maximum absolute atomic E-state index is 13.0. The smallest absolute Gasteiger partial charge is 0.410 e. The second-order valence-corrected chi connectivity index (χ2v) is 10.2. The monoisotopic (exact) mass is 465 g/mol. The van der Waals surface area contributed by atoms with Crippen molar-refractivity contribution >= 4 is 17.6 Å². The minimum atomic E-state index is -0.453. The SMILES string of the molecule is C[C@@H]1CN(c2ccc([N+](=O)[O-])cn2)C[C@H](C)N1C(=O)OC1CC2(C1)CN(Cc1ccccc1)C2. The zero-order chi connectivity index (χ0) is 23.9. The molecule has 3 fully saturated rings. The van der Waals surface area contributed by atoms with Gasteiger partial charge in [0.25, 0.3) is 5.69 Å². The number of hydrogen-bond donors (Lipinski definition) is 0. The zero-order valence-electron chi connectivity index (χ0n) is 19.7. The zero-order valence-corrected chi connectivity index (χ0v) is 19.7. The molecule has 1 aromatic carbocycles. The van der Waals surface area contributed by atoms with E-state index in [1.54, 1.807) is 6.07 Å². The van der Waals surface area contributed by atoms with Crippen molar-refractivity contribution in [2.24, 2.45) is 5.41 Å². The van der Waals surface area contributed by atoms with Crippen LogP contribution in [-0.2, 0) is 11.3 Å². The van der Waals surface area contributed by atoms with Gasteiger partial charge in [0.2, 0.25) is 0 Å². The van der Waals surface area contributed by atoms with Crippen LogP contribution in [0.4, 0.5) is 16.3 Å². The lowest BCUT2D eigenvalue weighted by molar-refractivity contribution is -0.385. The molecule has 9 nitrogen and oxygen atoms in total. The molecule has 0 bridgehead atoms. The lowest BCUT2D eigenvalue weighted by Gasteiger charge is -2.58. The van der Waals surface area contributed by atoms with E-state index in [4.69, 9.17) is 4.74 Å². The molecule has 2 aromatic rings. The molecule has 2 aliphatic heterocycles. The highest BCUT2D eigenvalue weighted by Crippen LogP contribution is 2.50. The second-order valence-electron chi connectivity index (χ2n) is 10.2. The Bertz CT molecular complexity index is 1020. The Balaban J connectivity index is 1.09. The quantitative estimate of drug-likeness (QED) is 0.491. The van der Waals surface area contributed by atoms with Gasteiger partial charge in [-0.25, -0.2) is 9.78 Å². The normalized spacial score (nSPS) is 24.4. The number of likely N-dealkylation sites (tertiary alicyclic amines) is 1. The summed E-state index contributed by atoms with van der Waals surface area (Å²) in [6.45, 7) is 8.35. The Labute approximate surface area is 199 Å². The van der Waals surface area contributed by atoms with Crippen molar-refractivity contribution in [3.8, 4) is 0 Å². The molecule has 0 unspecified atom stereocenters. The number of nitro groups is 1. The minimum absolute atomic E-state index is 0.000133. The molecule has 34 heavy (non-hydrogen) atoms. The van der Waals surface area contributed by atoms with Gasteiger partial charge in [0, 0.05) is 44.2 Å². The number of amides is 1. The molecule has 0 N–H and O–H groups in total. The average Bonchev–Trinajstić information content (AvgIpc) is 2.76.